The van der Waals surface area contributed by atoms with E-state index in [9.17, 15) is 0 Å². The van der Waals surface area contributed by atoms with Gasteiger partial charge in [-0.2, -0.15) is 0 Å². The molecule has 88 valence electrons. The van der Waals surface area contributed by atoms with E-state index >= 15 is 0 Å². The molecule has 0 aromatic carbocycles. The quantitative estimate of drug-likeness (QED) is 0.854. The molecule has 0 radical (unpaired) electrons. The van der Waals surface area contributed by atoms with E-state index in [1.807, 2.05) is 17.6 Å². The summed E-state index contributed by atoms with van der Waals surface area (Å²) < 4.78 is 5.32. The van der Waals surface area contributed by atoms with Crippen LogP contribution in [0.5, 0.6) is 0 Å². The standard InChI is InChI=1S/C13H19NOS/c14-13(11-4-2-8-15-10-11)7-1-5-12-6-3-9-16-12/h3,6,9-10,13H,1-2,4-5,7-8,14H2. The van der Waals surface area contributed by atoms with Crippen LogP contribution in [0, 0.1) is 0 Å². The van der Waals surface area contributed by atoms with Gasteiger partial charge in [0.05, 0.1) is 12.9 Å². The summed E-state index contributed by atoms with van der Waals surface area (Å²) in [6, 6.07) is 4.50. The maximum Gasteiger partial charge on any atom is 0.0876 e. The van der Waals surface area contributed by atoms with Gasteiger partial charge in [0.2, 0.25) is 0 Å². The Labute approximate surface area is 101 Å². The van der Waals surface area contributed by atoms with E-state index in [0.29, 0.717) is 0 Å². The maximum atomic E-state index is 6.14. The van der Waals surface area contributed by atoms with Gasteiger partial charge in [-0.05, 0) is 49.1 Å². The Balaban J connectivity index is 1.71. The molecule has 1 atom stereocenters. The van der Waals surface area contributed by atoms with Crippen LogP contribution in [-0.4, -0.2) is 12.6 Å². The molecule has 1 aromatic heterocycles. The highest BCUT2D eigenvalue weighted by Crippen LogP contribution is 2.19. The first-order chi connectivity index (χ1) is 7.86. The molecule has 0 bridgehead atoms. The molecule has 0 aliphatic carbocycles. The van der Waals surface area contributed by atoms with E-state index < -0.39 is 0 Å². The molecular weight excluding hydrogens is 218 g/mol. The van der Waals surface area contributed by atoms with Crippen LogP contribution in [0.3, 0.4) is 0 Å². The highest BCUT2D eigenvalue weighted by atomic mass is 32.1. The molecule has 0 spiro atoms. The molecule has 1 aliphatic heterocycles. The third kappa shape index (κ3) is 3.35. The molecule has 2 nitrogen and oxygen atoms in total. The van der Waals surface area contributed by atoms with Crippen LogP contribution >= 0.6 is 11.3 Å². The minimum Gasteiger partial charge on any atom is -0.501 e. The van der Waals surface area contributed by atoms with Crippen LogP contribution in [0.1, 0.15) is 30.6 Å². The predicted molar refractivity (Wildman–Crippen MR) is 68.5 cm³/mol. The first-order valence-electron chi connectivity index (χ1n) is 5.95. The lowest BCUT2D eigenvalue weighted by atomic mass is 9.98. The Kier molecular flexibility index (Phi) is 4.43. The Morgan fingerprint density at radius 3 is 3.12 bits per heavy atom. The van der Waals surface area contributed by atoms with Crippen LogP contribution < -0.4 is 5.73 Å². The fourth-order valence-corrected chi connectivity index (χ4v) is 2.74. The molecule has 0 saturated carbocycles. The van der Waals surface area contributed by atoms with Crippen molar-refractivity contribution in [3.8, 4) is 0 Å². The largest absolute Gasteiger partial charge is 0.501 e. The minimum atomic E-state index is 0.195. The van der Waals surface area contributed by atoms with Gasteiger partial charge in [0.25, 0.3) is 0 Å². The fraction of sp³-hybridized carbons (Fsp3) is 0.538. The topological polar surface area (TPSA) is 35.2 Å². The second kappa shape index (κ2) is 6.06. The average Bonchev–Trinajstić information content (AvgIpc) is 2.83. The Morgan fingerprint density at radius 1 is 1.50 bits per heavy atom. The molecule has 1 aliphatic rings. The van der Waals surface area contributed by atoms with Crippen molar-refractivity contribution in [3.05, 3.63) is 34.2 Å². The van der Waals surface area contributed by atoms with Gasteiger partial charge >= 0.3 is 0 Å². The Bertz CT molecular complexity index is 332. The number of aryl methyl sites for hydroxylation is 1. The predicted octanol–water partition coefficient (Wildman–Crippen LogP) is 3.09. The zero-order valence-electron chi connectivity index (χ0n) is 9.52. The Hall–Kier alpha value is -0.800. The summed E-state index contributed by atoms with van der Waals surface area (Å²) >= 11 is 1.83. The number of ether oxygens (including phenoxy) is 1. The first-order valence-corrected chi connectivity index (χ1v) is 6.83. The summed E-state index contributed by atoms with van der Waals surface area (Å²) in [7, 11) is 0. The maximum absolute atomic E-state index is 6.14. The van der Waals surface area contributed by atoms with Gasteiger partial charge in [-0.3, -0.25) is 0 Å². The Morgan fingerprint density at radius 2 is 2.44 bits per heavy atom. The van der Waals surface area contributed by atoms with Crippen molar-refractivity contribution in [2.75, 3.05) is 6.61 Å². The number of nitrogens with two attached hydrogens (primary N) is 1. The van der Waals surface area contributed by atoms with Gasteiger partial charge in [-0.25, -0.2) is 0 Å². The molecule has 16 heavy (non-hydrogen) atoms. The molecule has 0 saturated heterocycles. The first kappa shape index (κ1) is 11.7. The van der Waals surface area contributed by atoms with Gasteiger partial charge in [0, 0.05) is 10.9 Å². The van der Waals surface area contributed by atoms with Gasteiger partial charge in [-0.1, -0.05) is 6.07 Å². The van der Waals surface area contributed by atoms with Crippen LogP contribution in [0.15, 0.2) is 29.3 Å². The van der Waals surface area contributed by atoms with Crippen molar-refractivity contribution in [1.29, 1.82) is 0 Å². The molecular formula is C13H19NOS. The molecule has 2 N–H and O–H groups in total. The van der Waals surface area contributed by atoms with E-state index in [0.717, 1.165) is 32.3 Å². The number of thiophene rings is 1. The van der Waals surface area contributed by atoms with Crippen molar-refractivity contribution >= 4 is 11.3 Å². The summed E-state index contributed by atoms with van der Waals surface area (Å²) in [5.41, 5.74) is 7.43. The third-order valence-electron chi connectivity index (χ3n) is 2.96. The highest BCUT2D eigenvalue weighted by Gasteiger charge is 2.12. The lowest BCUT2D eigenvalue weighted by Crippen LogP contribution is -2.24. The molecule has 0 amide bonds. The van der Waals surface area contributed by atoms with Crippen LogP contribution in [0.4, 0.5) is 0 Å². The monoisotopic (exact) mass is 237 g/mol. The molecule has 1 aromatic rings. The van der Waals surface area contributed by atoms with E-state index in [2.05, 4.69) is 17.5 Å². The van der Waals surface area contributed by atoms with E-state index in [-0.39, 0.29) is 6.04 Å². The number of rotatable bonds is 5. The van der Waals surface area contributed by atoms with Gasteiger partial charge in [0.15, 0.2) is 0 Å². The lowest BCUT2D eigenvalue weighted by Gasteiger charge is -2.19. The van der Waals surface area contributed by atoms with Gasteiger partial charge in [0.1, 0.15) is 0 Å². The van der Waals surface area contributed by atoms with Crippen molar-refractivity contribution in [2.24, 2.45) is 5.73 Å². The number of hydrogen-bond donors (Lipinski definition) is 1. The van der Waals surface area contributed by atoms with Crippen molar-refractivity contribution in [3.63, 3.8) is 0 Å². The summed E-state index contributed by atoms with van der Waals surface area (Å²) in [6.07, 6.45) is 7.48. The molecule has 2 heterocycles. The molecule has 1 unspecified atom stereocenters. The molecule has 0 fully saturated rings. The lowest BCUT2D eigenvalue weighted by molar-refractivity contribution is 0.220. The van der Waals surface area contributed by atoms with Crippen LogP contribution in [0.25, 0.3) is 0 Å². The van der Waals surface area contributed by atoms with Gasteiger partial charge < -0.3 is 10.5 Å². The van der Waals surface area contributed by atoms with E-state index in [1.54, 1.807) is 0 Å². The zero-order chi connectivity index (χ0) is 11.2. The van der Waals surface area contributed by atoms with Crippen molar-refractivity contribution in [2.45, 2.75) is 38.1 Å². The average molecular weight is 237 g/mol. The summed E-state index contributed by atoms with van der Waals surface area (Å²) in [4.78, 5) is 1.46. The minimum absolute atomic E-state index is 0.195. The van der Waals surface area contributed by atoms with Crippen molar-refractivity contribution in [1.82, 2.24) is 0 Å². The molecule has 3 heteroatoms. The third-order valence-corrected chi connectivity index (χ3v) is 3.89. The van der Waals surface area contributed by atoms with Gasteiger partial charge in [-0.15, -0.1) is 11.3 Å². The molecule has 2 rings (SSSR count). The van der Waals surface area contributed by atoms with Crippen LogP contribution in [-0.2, 0) is 11.2 Å². The normalized spacial score (nSPS) is 17.7. The SMILES string of the molecule is NC(CCCc1cccs1)C1=COCCC1. The number of hydrogen-bond acceptors (Lipinski definition) is 3. The van der Waals surface area contributed by atoms with Crippen molar-refractivity contribution < 1.29 is 4.74 Å². The zero-order valence-corrected chi connectivity index (χ0v) is 10.3. The van der Waals surface area contributed by atoms with E-state index in [4.69, 9.17) is 10.5 Å². The smallest absolute Gasteiger partial charge is 0.0876 e. The van der Waals surface area contributed by atoms with Crippen LogP contribution in [0.2, 0.25) is 0 Å². The fourth-order valence-electron chi connectivity index (χ4n) is 1.99. The summed E-state index contributed by atoms with van der Waals surface area (Å²) in [5.74, 6) is 0. The summed E-state index contributed by atoms with van der Waals surface area (Å²) in [5, 5.41) is 2.13. The van der Waals surface area contributed by atoms with E-state index in [1.165, 1.54) is 16.9 Å². The second-order valence-corrected chi connectivity index (χ2v) is 5.28. The highest BCUT2D eigenvalue weighted by molar-refractivity contribution is 7.09. The summed E-state index contributed by atoms with van der Waals surface area (Å²) in [6.45, 7) is 0.853. The second-order valence-electron chi connectivity index (χ2n) is 4.25.